The van der Waals surface area contributed by atoms with Crippen molar-refractivity contribution in [3.63, 3.8) is 0 Å². The van der Waals surface area contributed by atoms with Gasteiger partial charge in [-0.2, -0.15) is 13.2 Å². The Balaban J connectivity index is 2.09. The minimum atomic E-state index is -4.80. The summed E-state index contributed by atoms with van der Waals surface area (Å²) in [5, 5.41) is 10.6. The maximum atomic E-state index is 13.7. The van der Waals surface area contributed by atoms with E-state index in [1.54, 1.807) is 30.5 Å². The smallest absolute Gasteiger partial charge is 0.372 e. The second-order valence-electron chi connectivity index (χ2n) is 5.64. The van der Waals surface area contributed by atoms with E-state index in [0.29, 0.717) is 23.2 Å². The number of nitrogens with zero attached hydrogens (tertiary/aromatic N) is 1. The van der Waals surface area contributed by atoms with Gasteiger partial charge in [0.15, 0.2) is 0 Å². The van der Waals surface area contributed by atoms with Gasteiger partial charge in [0.05, 0.1) is 6.54 Å². The van der Waals surface area contributed by atoms with Crippen LogP contribution in [-0.4, -0.2) is 24.0 Å². The van der Waals surface area contributed by atoms with E-state index in [1.807, 2.05) is 6.08 Å². The van der Waals surface area contributed by atoms with Crippen LogP contribution in [0.3, 0.4) is 0 Å². The number of aliphatic imine (C=N–C) groups is 1. The number of benzene rings is 2. The van der Waals surface area contributed by atoms with Gasteiger partial charge >= 0.3 is 6.18 Å². The quantitative estimate of drug-likeness (QED) is 0.849. The second-order valence-corrected chi connectivity index (χ2v) is 5.64. The highest BCUT2D eigenvalue weighted by Crippen LogP contribution is 2.56. The number of halogens is 3. The Labute approximate surface area is 130 Å². The molecule has 0 amide bonds. The number of hydrogen-bond donors (Lipinski definition) is 1. The summed E-state index contributed by atoms with van der Waals surface area (Å²) in [4.78, 5) is 4.11. The molecule has 0 bridgehead atoms. The Morgan fingerprint density at radius 2 is 1.65 bits per heavy atom. The molecule has 1 aliphatic heterocycles. The summed E-state index contributed by atoms with van der Waals surface area (Å²) in [6.07, 6.45) is -1.28. The van der Waals surface area contributed by atoms with Crippen LogP contribution in [0.15, 0.2) is 53.5 Å². The fourth-order valence-corrected chi connectivity index (χ4v) is 3.39. The number of hydrogen-bond acceptors (Lipinski definition) is 2. The van der Waals surface area contributed by atoms with E-state index >= 15 is 0 Å². The highest BCUT2D eigenvalue weighted by Gasteiger charge is 2.61. The lowest BCUT2D eigenvalue weighted by atomic mass is 9.89. The lowest BCUT2D eigenvalue weighted by Crippen LogP contribution is -2.41. The summed E-state index contributed by atoms with van der Waals surface area (Å²) in [6, 6.07) is 10.8. The zero-order valence-electron chi connectivity index (χ0n) is 11.9. The van der Waals surface area contributed by atoms with Crippen LogP contribution in [0, 0.1) is 0 Å². The molecule has 2 aliphatic rings. The summed E-state index contributed by atoms with van der Waals surface area (Å²) in [7, 11) is 0. The molecular formula is C18H12F3NO. The van der Waals surface area contributed by atoms with Crippen molar-refractivity contribution in [1.82, 2.24) is 0 Å². The van der Waals surface area contributed by atoms with Crippen LogP contribution in [0.4, 0.5) is 13.2 Å². The first kappa shape index (κ1) is 14.2. The first-order valence-electron chi connectivity index (χ1n) is 7.17. The predicted molar refractivity (Wildman–Crippen MR) is 82.3 cm³/mol. The topological polar surface area (TPSA) is 32.6 Å². The van der Waals surface area contributed by atoms with Crippen LogP contribution in [0.25, 0.3) is 16.7 Å². The molecule has 1 N–H and O–H groups in total. The Hall–Kier alpha value is -2.40. The molecule has 0 aromatic heterocycles. The van der Waals surface area contributed by atoms with Crippen molar-refractivity contribution in [3.05, 3.63) is 65.2 Å². The van der Waals surface area contributed by atoms with E-state index in [2.05, 4.69) is 4.99 Å². The standard InChI is InChI=1S/C18H12F3NO/c19-18(20,21)17(23)14-6-2-1-4-13(14)16-12(5-3-7-15(16)17)11-8-9-22-10-11/h1-8,10,23H,9H2. The van der Waals surface area contributed by atoms with Gasteiger partial charge in [0.25, 0.3) is 0 Å². The van der Waals surface area contributed by atoms with Crippen molar-refractivity contribution in [1.29, 1.82) is 0 Å². The van der Waals surface area contributed by atoms with E-state index in [-0.39, 0.29) is 11.1 Å². The molecule has 1 heterocycles. The molecule has 23 heavy (non-hydrogen) atoms. The van der Waals surface area contributed by atoms with Crippen molar-refractivity contribution in [2.45, 2.75) is 11.8 Å². The Bertz CT molecular complexity index is 867. The first-order chi connectivity index (χ1) is 10.9. The van der Waals surface area contributed by atoms with E-state index in [0.717, 1.165) is 5.57 Å². The number of allylic oxidation sites excluding steroid dienone is 1. The highest BCUT2D eigenvalue weighted by atomic mass is 19.4. The maximum absolute atomic E-state index is 13.7. The minimum Gasteiger partial charge on any atom is -0.372 e. The summed E-state index contributed by atoms with van der Waals surface area (Å²) in [5.74, 6) is 0. The van der Waals surface area contributed by atoms with Crippen LogP contribution in [-0.2, 0) is 5.60 Å². The number of rotatable bonds is 1. The SMILES string of the molecule is OC1(C(F)(F)F)c2ccccc2-c2c(C3=CCN=C3)cccc21. The highest BCUT2D eigenvalue weighted by molar-refractivity contribution is 6.14. The molecule has 0 spiro atoms. The van der Waals surface area contributed by atoms with E-state index < -0.39 is 11.8 Å². The van der Waals surface area contributed by atoms with Crippen LogP contribution in [0.5, 0.6) is 0 Å². The third-order valence-corrected chi connectivity index (χ3v) is 4.41. The third kappa shape index (κ3) is 1.77. The molecule has 0 fully saturated rings. The van der Waals surface area contributed by atoms with Crippen molar-refractivity contribution in [2.75, 3.05) is 6.54 Å². The average Bonchev–Trinajstić information content (AvgIpc) is 3.14. The van der Waals surface area contributed by atoms with E-state index in [9.17, 15) is 18.3 Å². The second kappa shape index (κ2) is 4.55. The fraction of sp³-hybridized carbons (Fsp3) is 0.167. The monoisotopic (exact) mass is 315 g/mol. The van der Waals surface area contributed by atoms with Gasteiger partial charge in [0, 0.05) is 17.3 Å². The minimum absolute atomic E-state index is 0.120. The Morgan fingerprint density at radius 1 is 0.957 bits per heavy atom. The Kier molecular flexibility index (Phi) is 2.81. The molecule has 0 saturated heterocycles. The van der Waals surface area contributed by atoms with E-state index in [4.69, 9.17) is 0 Å². The Morgan fingerprint density at radius 3 is 2.35 bits per heavy atom. The molecule has 2 nitrogen and oxygen atoms in total. The maximum Gasteiger partial charge on any atom is 0.425 e. The summed E-state index contributed by atoms with van der Waals surface area (Å²) in [5.41, 5.74) is -0.929. The van der Waals surface area contributed by atoms with Gasteiger partial charge in [-0.05, 0) is 22.3 Å². The molecule has 0 radical (unpaired) electrons. The molecule has 1 unspecified atom stereocenters. The first-order valence-corrected chi connectivity index (χ1v) is 7.17. The molecule has 116 valence electrons. The van der Waals surface area contributed by atoms with Crippen LogP contribution in [0.2, 0.25) is 0 Å². The zero-order valence-corrected chi connectivity index (χ0v) is 11.9. The lowest BCUT2D eigenvalue weighted by molar-refractivity contribution is -0.246. The average molecular weight is 315 g/mol. The lowest BCUT2D eigenvalue weighted by Gasteiger charge is -2.28. The predicted octanol–water partition coefficient (Wildman–Crippen LogP) is 3.93. The van der Waals surface area contributed by atoms with Crippen LogP contribution < -0.4 is 0 Å². The zero-order chi connectivity index (χ0) is 16.2. The molecular weight excluding hydrogens is 303 g/mol. The molecule has 2 aromatic rings. The molecule has 5 heteroatoms. The molecule has 2 aromatic carbocycles. The molecule has 1 aliphatic carbocycles. The third-order valence-electron chi connectivity index (χ3n) is 4.41. The largest absolute Gasteiger partial charge is 0.425 e. The van der Waals surface area contributed by atoms with Gasteiger partial charge in [-0.3, -0.25) is 4.99 Å². The van der Waals surface area contributed by atoms with Gasteiger partial charge in [-0.15, -0.1) is 0 Å². The van der Waals surface area contributed by atoms with Gasteiger partial charge in [0.2, 0.25) is 5.60 Å². The fourth-order valence-electron chi connectivity index (χ4n) is 3.39. The van der Waals surface area contributed by atoms with Gasteiger partial charge in [0.1, 0.15) is 0 Å². The van der Waals surface area contributed by atoms with Crippen molar-refractivity contribution in [2.24, 2.45) is 4.99 Å². The summed E-state index contributed by atoms with van der Waals surface area (Å²) in [6.45, 7) is 0.518. The molecule has 4 rings (SSSR count). The summed E-state index contributed by atoms with van der Waals surface area (Å²) >= 11 is 0. The number of fused-ring (bicyclic) bond motifs is 3. The van der Waals surface area contributed by atoms with Crippen molar-refractivity contribution in [3.8, 4) is 11.1 Å². The van der Waals surface area contributed by atoms with Gasteiger partial charge < -0.3 is 5.11 Å². The van der Waals surface area contributed by atoms with Gasteiger partial charge in [-0.25, -0.2) is 0 Å². The number of alkyl halides is 3. The molecule has 0 saturated carbocycles. The van der Waals surface area contributed by atoms with E-state index in [1.165, 1.54) is 18.2 Å². The van der Waals surface area contributed by atoms with Crippen molar-refractivity contribution >= 4 is 11.8 Å². The summed E-state index contributed by atoms with van der Waals surface area (Å²) < 4.78 is 41.2. The van der Waals surface area contributed by atoms with Gasteiger partial charge in [-0.1, -0.05) is 48.5 Å². The van der Waals surface area contributed by atoms with Crippen molar-refractivity contribution < 1.29 is 18.3 Å². The molecule has 1 atom stereocenters. The number of aliphatic hydroxyl groups is 1. The van der Waals surface area contributed by atoms with Crippen LogP contribution in [0.1, 0.15) is 16.7 Å². The van der Waals surface area contributed by atoms with Crippen LogP contribution >= 0.6 is 0 Å². The normalized spacial score (nSPS) is 22.0.